The third kappa shape index (κ3) is 3.10. The summed E-state index contributed by atoms with van der Waals surface area (Å²) >= 11 is 5.89. The molecule has 1 aliphatic carbocycles. The fraction of sp³-hybridized carbons (Fsp3) is 0.538. The summed E-state index contributed by atoms with van der Waals surface area (Å²) in [7, 11) is 0. The van der Waals surface area contributed by atoms with Gasteiger partial charge in [-0.3, -0.25) is 9.59 Å². The molecule has 0 radical (unpaired) electrons. The van der Waals surface area contributed by atoms with Crippen molar-refractivity contribution < 1.29 is 14.7 Å². The minimum Gasteiger partial charge on any atom is -0.481 e. The molecule has 0 bridgehead atoms. The lowest BCUT2D eigenvalue weighted by Crippen LogP contribution is -2.34. The number of aryl methyl sites for hydroxylation is 1. The van der Waals surface area contributed by atoms with Gasteiger partial charge in [-0.25, -0.2) is 0 Å². The Morgan fingerprint density at radius 3 is 2.84 bits per heavy atom. The molecule has 1 fully saturated rings. The zero-order chi connectivity index (χ0) is 14.0. The average molecular weight is 285 g/mol. The molecule has 1 heterocycles. The van der Waals surface area contributed by atoms with Crippen molar-refractivity contribution in [2.45, 2.75) is 38.8 Å². The Kier molecular flexibility index (Phi) is 4.14. The number of carboxylic acids is 1. The molecule has 1 saturated carbocycles. The van der Waals surface area contributed by atoms with Crippen LogP contribution in [0.4, 0.5) is 0 Å². The van der Waals surface area contributed by atoms with Crippen LogP contribution in [0.25, 0.3) is 0 Å². The van der Waals surface area contributed by atoms with Crippen LogP contribution in [0.1, 0.15) is 36.7 Å². The number of hydrogen-bond donors (Lipinski definition) is 2. The molecule has 2 unspecified atom stereocenters. The maximum atomic E-state index is 12.1. The summed E-state index contributed by atoms with van der Waals surface area (Å²) in [5, 5.41) is 12.3. The van der Waals surface area contributed by atoms with Crippen molar-refractivity contribution in [2.75, 3.05) is 0 Å². The van der Waals surface area contributed by atoms with E-state index in [1.54, 1.807) is 16.8 Å². The fourth-order valence-corrected chi connectivity index (χ4v) is 2.74. The van der Waals surface area contributed by atoms with E-state index in [0.29, 0.717) is 36.5 Å². The number of carbonyl (C=O) groups excluding carboxylic acids is 1. The Balaban J connectivity index is 2.00. The van der Waals surface area contributed by atoms with Crippen LogP contribution in [0.2, 0.25) is 5.02 Å². The van der Waals surface area contributed by atoms with E-state index in [4.69, 9.17) is 16.7 Å². The number of hydrogen-bond acceptors (Lipinski definition) is 2. The third-order valence-corrected chi connectivity index (χ3v) is 3.76. The van der Waals surface area contributed by atoms with E-state index < -0.39 is 5.97 Å². The SMILES string of the molecule is CCn1cc(Cl)cc1C(=O)NC1CCC(C(=O)O)C1. The van der Waals surface area contributed by atoms with Crippen molar-refractivity contribution in [3.8, 4) is 0 Å². The van der Waals surface area contributed by atoms with Gasteiger partial charge < -0.3 is 15.0 Å². The third-order valence-electron chi connectivity index (χ3n) is 3.55. The number of halogens is 1. The monoisotopic (exact) mass is 284 g/mol. The van der Waals surface area contributed by atoms with Crippen molar-refractivity contribution in [2.24, 2.45) is 5.92 Å². The lowest BCUT2D eigenvalue weighted by atomic mass is 10.1. The summed E-state index contributed by atoms with van der Waals surface area (Å²) in [6.07, 6.45) is 3.55. The molecule has 104 valence electrons. The summed E-state index contributed by atoms with van der Waals surface area (Å²) in [4.78, 5) is 23.0. The first-order valence-electron chi connectivity index (χ1n) is 6.40. The van der Waals surface area contributed by atoms with Crippen LogP contribution in [-0.4, -0.2) is 27.6 Å². The van der Waals surface area contributed by atoms with Crippen LogP contribution < -0.4 is 5.32 Å². The second-order valence-corrected chi connectivity index (χ2v) is 5.28. The predicted octanol–water partition coefficient (Wildman–Crippen LogP) is 2.14. The Labute approximate surface area is 116 Å². The molecule has 2 N–H and O–H groups in total. The Morgan fingerprint density at radius 1 is 1.53 bits per heavy atom. The summed E-state index contributed by atoms with van der Waals surface area (Å²) < 4.78 is 1.78. The van der Waals surface area contributed by atoms with Crippen LogP contribution in [-0.2, 0) is 11.3 Å². The Hall–Kier alpha value is -1.49. The molecule has 2 rings (SSSR count). The van der Waals surface area contributed by atoms with Gasteiger partial charge in [0, 0.05) is 18.8 Å². The van der Waals surface area contributed by atoms with Crippen LogP contribution in [0.3, 0.4) is 0 Å². The number of carboxylic acid groups (broad SMARTS) is 1. The second-order valence-electron chi connectivity index (χ2n) is 4.85. The highest BCUT2D eigenvalue weighted by atomic mass is 35.5. The number of aliphatic carboxylic acids is 1. The average Bonchev–Trinajstić information content (AvgIpc) is 2.95. The van der Waals surface area contributed by atoms with Crippen molar-refractivity contribution in [1.29, 1.82) is 0 Å². The van der Waals surface area contributed by atoms with Crippen LogP contribution >= 0.6 is 11.6 Å². The first kappa shape index (κ1) is 13.9. The maximum Gasteiger partial charge on any atom is 0.306 e. The summed E-state index contributed by atoms with van der Waals surface area (Å²) in [5.74, 6) is -1.31. The number of aromatic nitrogens is 1. The van der Waals surface area contributed by atoms with Gasteiger partial charge in [0.25, 0.3) is 5.91 Å². The highest BCUT2D eigenvalue weighted by Crippen LogP contribution is 2.26. The molecule has 1 aliphatic rings. The lowest BCUT2D eigenvalue weighted by Gasteiger charge is -2.13. The zero-order valence-electron chi connectivity index (χ0n) is 10.7. The first-order valence-corrected chi connectivity index (χ1v) is 6.78. The Bertz CT molecular complexity index is 498. The summed E-state index contributed by atoms with van der Waals surface area (Å²) in [6.45, 7) is 2.60. The lowest BCUT2D eigenvalue weighted by molar-refractivity contribution is -0.141. The fourth-order valence-electron chi connectivity index (χ4n) is 2.52. The minimum atomic E-state index is -0.781. The van der Waals surface area contributed by atoms with E-state index in [0.717, 1.165) is 0 Å². The molecule has 0 saturated heterocycles. The van der Waals surface area contributed by atoms with Crippen molar-refractivity contribution in [3.63, 3.8) is 0 Å². The van der Waals surface area contributed by atoms with Crippen molar-refractivity contribution in [3.05, 3.63) is 23.0 Å². The standard InChI is InChI=1S/C13H17ClN2O3/c1-2-16-7-9(14)6-11(16)12(17)15-10-4-3-8(5-10)13(18)19/h6-8,10H,2-5H2,1H3,(H,15,17)(H,18,19). The number of nitrogens with one attached hydrogen (secondary N) is 1. The largest absolute Gasteiger partial charge is 0.481 e. The molecule has 5 nitrogen and oxygen atoms in total. The van der Waals surface area contributed by atoms with E-state index in [1.165, 1.54) is 0 Å². The predicted molar refractivity (Wildman–Crippen MR) is 71.3 cm³/mol. The molecular formula is C13H17ClN2O3. The van der Waals surface area contributed by atoms with Gasteiger partial charge in [0.05, 0.1) is 10.9 Å². The quantitative estimate of drug-likeness (QED) is 0.890. The highest BCUT2D eigenvalue weighted by molar-refractivity contribution is 6.31. The molecule has 1 amide bonds. The van der Waals surface area contributed by atoms with Gasteiger partial charge in [0.2, 0.25) is 0 Å². The van der Waals surface area contributed by atoms with E-state index in [9.17, 15) is 9.59 Å². The van der Waals surface area contributed by atoms with Gasteiger partial charge in [0.1, 0.15) is 5.69 Å². The Morgan fingerprint density at radius 2 is 2.26 bits per heavy atom. The number of nitrogens with zero attached hydrogens (tertiary/aromatic N) is 1. The van der Waals surface area contributed by atoms with Crippen molar-refractivity contribution in [1.82, 2.24) is 9.88 Å². The van der Waals surface area contributed by atoms with Gasteiger partial charge in [-0.1, -0.05) is 11.6 Å². The van der Waals surface area contributed by atoms with Crippen molar-refractivity contribution >= 4 is 23.5 Å². The first-order chi connectivity index (χ1) is 9.01. The maximum absolute atomic E-state index is 12.1. The molecule has 0 spiro atoms. The molecule has 0 aliphatic heterocycles. The molecular weight excluding hydrogens is 268 g/mol. The minimum absolute atomic E-state index is 0.0624. The molecule has 6 heteroatoms. The van der Waals surface area contributed by atoms with Gasteiger partial charge in [-0.05, 0) is 32.3 Å². The normalized spacial score (nSPS) is 22.4. The molecule has 0 aromatic carbocycles. The van der Waals surface area contributed by atoms with E-state index in [2.05, 4.69) is 5.32 Å². The summed E-state index contributed by atoms with van der Waals surface area (Å²) in [5.41, 5.74) is 0.520. The van der Waals surface area contributed by atoms with E-state index in [1.807, 2.05) is 6.92 Å². The van der Waals surface area contributed by atoms with Gasteiger partial charge in [0.15, 0.2) is 0 Å². The highest BCUT2D eigenvalue weighted by Gasteiger charge is 2.31. The van der Waals surface area contributed by atoms with Gasteiger partial charge in [-0.2, -0.15) is 0 Å². The summed E-state index contributed by atoms with van der Waals surface area (Å²) in [6, 6.07) is 1.57. The molecule has 1 aromatic heterocycles. The topological polar surface area (TPSA) is 71.3 Å². The van der Waals surface area contributed by atoms with Crippen LogP contribution in [0.15, 0.2) is 12.3 Å². The van der Waals surface area contributed by atoms with Crippen LogP contribution in [0, 0.1) is 5.92 Å². The molecule has 1 aromatic rings. The van der Waals surface area contributed by atoms with Gasteiger partial charge in [-0.15, -0.1) is 0 Å². The smallest absolute Gasteiger partial charge is 0.306 e. The second kappa shape index (κ2) is 5.65. The van der Waals surface area contributed by atoms with Gasteiger partial charge >= 0.3 is 5.97 Å². The zero-order valence-corrected chi connectivity index (χ0v) is 11.5. The number of carbonyl (C=O) groups is 2. The van der Waals surface area contributed by atoms with E-state index >= 15 is 0 Å². The number of amides is 1. The molecule has 19 heavy (non-hydrogen) atoms. The molecule has 2 atom stereocenters. The van der Waals surface area contributed by atoms with E-state index in [-0.39, 0.29) is 17.9 Å². The van der Waals surface area contributed by atoms with Crippen LogP contribution in [0.5, 0.6) is 0 Å². The number of rotatable bonds is 4.